The van der Waals surface area contributed by atoms with Gasteiger partial charge >= 0.3 is 5.97 Å². The highest BCUT2D eigenvalue weighted by Crippen LogP contribution is 2.22. The molecule has 0 heterocycles. The van der Waals surface area contributed by atoms with Gasteiger partial charge in [0.2, 0.25) is 0 Å². The molecule has 1 atom stereocenters. The summed E-state index contributed by atoms with van der Waals surface area (Å²) in [7, 11) is 0. The predicted molar refractivity (Wildman–Crippen MR) is 97.3 cm³/mol. The summed E-state index contributed by atoms with van der Waals surface area (Å²) in [6.45, 7) is 2.61. The van der Waals surface area contributed by atoms with Crippen LogP contribution in [-0.4, -0.2) is 17.7 Å². The van der Waals surface area contributed by atoms with Gasteiger partial charge in [-0.2, -0.15) is 0 Å². The van der Waals surface area contributed by atoms with Crippen LogP contribution in [0.5, 0.6) is 5.75 Å². The van der Waals surface area contributed by atoms with Crippen molar-refractivity contribution in [2.24, 2.45) is 5.92 Å². The predicted octanol–water partition coefficient (Wildman–Crippen LogP) is 5.40. The molecule has 2 aromatic carbocycles. The topological polar surface area (TPSA) is 46.5 Å². The molecule has 1 unspecified atom stereocenters. The van der Waals surface area contributed by atoms with Gasteiger partial charge in [-0.15, -0.1) is 0 Å². The van der Waals surface area contributed by atoms with Gasteiger partial charge in [-0.3, -0.25) is 4.79 Å². The van der Waals surface area contributed by atoms with Crippen molar-refractivity contribution >= 4 is 5.97 Å². The average Bonchev–Trinajstić information content (AvgIpc) is 2.62. The van der Waals surface area contributed by atoms with Gasteiger partial charge in [-0.05, 0) is 42.5 Å². The zero-order chi connectivity index (χ0) is 17.2. The number of hydrogen-bond donors (Lipinski definition) is 1. The number of ether oxygens (including phenoxy) is 1. The molecule has 2 rings (SSSR count). The highest BCUT2D eigenvalue weighted by Gasteiger charge is 2.13. The van der Waals surface area contributed by atoms with Crippen molar-refractivity contribution in [1.82, 2.24) is 0 Å². The molecular weight excluding hydrogens is 300 g/mol. The van der Waals surface area contributed by atoms with Crippen molar-refractivity contribution in [2.75, 3.05) is 6.61 Å². The molecule has 2 aromatic rings. The Balaban J connectivity index is 1.67. The minimum atomic E-state index is -0.674. The van der Waals surface area contributed by atoms with Gasteiger partial charge < -0.3 is 9.84 Å². The normalized spacial score (nSPS) is 11.9. The van der Waals surface area contributed by atoms with Gasteiger partial charge in [0.25, 0.3) is 0 Å². The lowest BCUT2D eigenvalue weighted by molar-refractivity contribution is -0.142. The third-order valence-electron chi connectivity index (χ3n) is 4.27. The van der Waals surface area contributed by atoms with Crippen LogP contribution in [0.25, 0.3) is 11.1 Å². The summed E-state index contributed by atoms with van der Waals surface area (Å²) in [5.74, 6) is 0.00959. The SMILES string of the molecule is CCC(CCCCCOc1ccc(-c2ccccc2)cc1)C(=O)O. The molecule has 0 saturated carbocycles. The Morgan fingerprint density at radius 2 is 1.62 bits per heavy atom. The largest absolute Gasteiger partial charge is 0.494 e. The third-order valence-corrected chi connectivity index (χ3v) is 4.27. The van der Waals surface area contributed by atoms with Crippen molar-refractivity contribution in [3.63, 3.8) is 0 Å². The van der Waals surface area contributed by atoms with Gasteiger partial charge in [0.1, 0.15) is 5.75 Å². The Morgan fingerprint density at radius 1 is 0.958 bits per heavy atom. The van der Waals surface area contributed by atoms with Crippen LogP contribution in [0.3, 0.4) is 0 Å². The molecule has 0 fully saturated rings. The van der Waals surface area contributed by atoms with E-state index in [0.29, 0.717) is 13.0 Å². The molecule has 24 heavy (non-hydrogen) atoms. The molecule has 3 nitrogen and oxygen atoms in total. The lowest BCUT2D eigenvalue weighted by Crippen LogP contribution is -2.12. The molecule has 0 amide bonds. The van der Waals surface area contributed by atoms with Gasteiger partial charge in [0, 0.05) is 0 Å². The first-order valence-corrected chi connectivity index (χ1v) is 8.71. The Kier molecular flexibility index (Phi) is 7.34. The zero-order valence-electron chi connectivity index (χ0n) is 14.3. The molecule has 3 heteroatoms. The molecule has 0 spiro atoms. The fraction of sp³-hybridized carbons (Fsp3) is 0.381. The Bertz CT molecular complexity index is 605. The van der Waals surface area contributed by atoms with E-state index in [2.05, 4.69) is 24.3 Å². The maximum absolute atomic E-state index is 10.9. The Hall–Kier alpha value is -2.29. The highest BCUT2D eigenvalue weighted by molar-refractivity contribution is 5.69. The van der Waals surface area contributed by atoms with E-state index in [1.54, 1.807) is 0 Å². The monoisotopic (exact) mass is 326 g/mol. The lowest BCUT2D eigenvalue weighted by atomic mass is 9.99. The van der Waals surface area contributed by atoms with Gasteiger partial charge in [-0.1, -0.05) is 62.2 Å². The maximum Gasteiger partial charge on any atom is 0.306 e. The van der Waals surface area contributed by atoms with Crippen LogP contribution in [0, 0.1) is 5.92 Å². The van der Waals surface area contributed by atoms with E-state index >= 15 is 0 Å². The van der Waals surface area contributed by atoms with Crippen LogP contribution in [0.4, 0.5) is 0 Å². The molecular formula is C21H26O3. The number of carboxylic acid groups (broad SMARTS) is 1. The molecule has 0 aromatic heterocycles. The molecule has 128 valence electrons. The van der Waals surface area contributed by atoms with E-state index in [-0.39, 0.29) is 5.92 Å². The fourth-order valence-electron chi connectivity index (χ4n) is 2.74. The first-order chi connectivity index (χ1) is 11.7. The standard InChI is InChI=1S/C21H26O3/c1-2-17(21(22)23)9-7-4-8-16-24-20-14-12-19(13-15-20)18-10-5-3-6-11-18/h3,5-6,10-15,17H,2,4,7-9,16H2,1H3,(H,22,23). The number of aliphatic carboxylic acids is 1. The van der Waals surface area contributed by atoms with Crippen LogP contribution in [0.15, 0.2) is 54.6 Å². The number of unbranched alkanes of at least 4 members (excludes halogenated alkanes) is 2. The van der Waals surface area contributed by atoms with E-state index in [1.807, 2.05) is 37.3 Å². The van der Waals surface area contributed by atoms with E-state index in [1.165, 1.54) is 11.1 Å². The molecule has 1 N–H and O–H groups in total. The average molecular weight is 326 g/mol. The molecule has 0 bridgehead atoms. The van der Waals surface area contributed by atoms with Gasteiger partial charge in [0.05, 0.1) is 12.5 Å². The van der Waals surface area contributed by atoms with Crippen LogP contribution in [-0.2, 0) is 4.79 Å². The lowest BCUT2D eigenvalue weighted by Gasteiger charge is -2.10. The number of carboxylic acids is 1. The van der Waals surface area contributed by atoms with Crippen molar-refractivity contribution in [2.45, 2.75) is 39.0 Å². The summed E-state index contributed by atoms with van der Waals surface area (Å²) in [5.41, 5.74) is 2.38. The van der Waals surface area contributed by atoms with E-state index < -0.39 is 5.97 Å². The van der Waals surface area contributed by atoms with Crippen LogP contribution in [0.1, 0.15) is 39.0 Å². The summed E-state index contributed by atoms with van der Waals surface area (Å²) < 4.78 is 5.76. The second-order valence-corrected chi connectivity index (χ2v) is 6.03. The first-order valence-electron chi connectivity index (χ1n) is 8.71. The van der Waals surface area contributed by atoms with Gasteiger partial charge in [-0.25, -0.2) is 0 Å². The van der Waals surface area contributed by atoms with Crippen molar-refractivity contribution < 1.29 is 14.6 Å². The van der Waals surface area contributed by atoms with Crippen LogP contribution >= 0.6 is 0 Å². The Morgan fingerprint density at radius 3 is 2.25 bits per heavy atom. The molecule has 0 aliphatic heterocycles. The second-order valence-electron chi connectivity index (χ2n) is 6.03. The first kappa shape index (κ1) is 18.1. The van der Waals surface area contributed by atoms with Crippen molar-refractivity contribution in [1.29, 1.82) is 0 Å². The van der Waals surface area contributed by atoms with Crippen molar-refractivity contribution in [3.05, 3.63) is 54.6 Å². The minimum absolute atomic E-state index is 0.198. The quantitative estimate of drug-likeness (QED) is 0.594. The number of carbonyl (C=O) groups is 1. The fourth-order valence-corrected chi connectivity index (χ4v) is 2.74. The number of benzene rings is 2. The maximum atomic E-state index is 10.9. The van der Waals surface area contributed by atoms with E-state index in [0.717, 1.165) is 31.4 Å². The highest BCUT2D eigenvalue weighted by atomic mass is 16.5. The third kappa shape index (κ3) is 5.73. The minimum Gasteiger partial charge on any atom is -0.494 e. The number of hydrogen-bond acceptors (Lipinski definition) is 2. The number of rotatable bonds is 10. The summed E-state index contributed by atoms with van der Waals surface area (Å²) in [6, 6.07) is 18.4. The summed E-state index contributed by atoms with van der Waals surface area (Å²) in [5, 5.41) is 9.00. The Labute approximate surface area is 144 Å². The molecule has 0 radical (unpaired) electrons. The smallest absolute Gasteiger partial charge is 0.306 e. The van der Waals surface area contributed by atoms with E-state index in [4.69, 9.17) is 9.84 Å². The van der Waals surface area contributed by atoms with Crippen LogP contribution in [0.2, 0.25) is 0 Å². The molecule has 0 saturated heterocycles. The summed E-state index contributed by atoms with van der Waals surface area (Å²) in [6.07, 6.45) is 4.38. The van der Waals surface area contributed by atoms with E-state index in [9.17, 15) is 4.79 Å². The zero-order valence-corrected chi connectivity index (χ0v) is 14.3. The van der Waals surface area contributed by atoms with Crippen molar-refractivity contribution in [3.8, 4) is 16.9 Å². The van der Waals surface area contributed by atoms with Crippen LogP contribution < -0.4 is 4.74 Å². The summed E-state index contributed by atoms with van der Waals surface area (Å²) in [4.78, 5) is 10.9. The second kappa shape index (κ2) is 9.76. The summed E-state index contributed by atoms with van der Waals surface area (Å²) >= 11 is 0. The molecule has 0 aliphatic carbocycles. The molecule has 0 aliphatic rings. The van der Waals surface area contributed by atoms with Gasteiger partial charge in [0.15, 0.2) is 0 Å².